The van der Waals surface area contributed by atoms with Crippen LogP contribution in [0.2, 0.25) is 0 Å². The molecule has 1 aromatic rings. The van der Waals surface area contributed by atoms with Gasteiger partial charge in [-0.15, -0.1) is 0 Å². The van der Waals surface area contributed by atoms with E-state index in [9.17, 15) is 8.78 Å². The molecular formula is C15H22F2N2. The fraction of sp³-hybridized carbons (Fsp3) is 0.600. The van der Waals surface area contributed by atoms with Gasteiger partial charge in [0.05, 0.1) is 5.69 Å². The van der Waals surface area contributed by atoms with E-state index in [1.165, 1.54) is 6.07 Å². The second-order valence-corrected chi connectivity index (χ2v) is 5.42. The van der Waals surface area contributed by atoms with Crippen LogP contribution in [0, 0.1) is 11.6 Å². The Labute approximate surface area is 113 Å². The molecule has 0 aliphatic carbocycles. The Morgan fingerprint density at radius 1 is 1.32 bits per heavy atom. The van der Waals surface area contributed by atoms with Gasteiger partial charge >= 0.3 is 0 Å². The molecule has 1 aliphatic heterocycles. The van der Waals surface area contributed by atoms with Crippen molar-refractivity contribution >= 4 is 5.69 Å². The molecule has 0 aromatic heterocycles. The van der Waals surface area contributed by atoms with Gasteiger partial charge in [-0.05, 0) is 31.9 Å². The molecule has 1 N–H and O–H groups in total. The van der Waals surface area contributed by atoms with Crippen molar-refractivity contribution in [2.75, 3.05) is 18.0 Å². The molecule has 0 radical (unpaired) electrons. The Morgan fingerprint density at radius 2 is 2.00 bits per heavy atom. The largest absolute Gasteiger partial charge is 0.363 e. The second kappa shape index (κ2) is 5.45. The average Bonchev–Trinajstić information content (AvgIpc) is 2.43. The zero-order chi connectivity index (χ0) is 14.0. The van der Waals surface area contributed by atoms with Gasteiger partial charge in [-0.25, -0.2) is 8.78 Å². The molecule has 1 saturated heterocycles. The van der Waals surface area contributed by atoms with E-state index < -0.39 is 11.6 Å². The number of hydrogen-bond acceptors (Lipinski definition) is 2. The Balaban J connectivity index is 2.34. The topological polar surface area (TPSA) is 15.3 Å². The lowest BCUT2D eigenvalue weighted by atomic mass is 9.88. The van der Waals surface area contributed by atoms with Crippen LogP contribution in [0.4, 0.5) is 14.5 Å². The molecule has 0 bridgehead atoms. The van der Waals surface area contributed by atoms with Crippen molar-refractivity contribution in [1.82, 2.24) is 5.32 Å². The summed E-state index contributed by atoms with van der Waals surface area (Å²) >= 11 is 0. The molecule has 106 valence electrons. The van der Waals surface area contributed by atoms with Gasteiger partial charge in [-0.1, -0.05) is 19.9 Å². The van der Waals surface area contributed by atoms with Crippen LogP contribution in [0.1, 0.15) is 33.6 Å². The van der Waals surface area contributed by atoms with Crippen LogP contribution in [0.25, 0.3) is 0 Å². The predicted molar refractivity (Wildman–Crippen MR) is 74.5 cm³/mol. The van der Waals surface area contributed by atoms with Crippen molar-refractivity contribution in [3.8, 4) is 0 Å². The number of rotatable bonds is 3. The molecule has 4 heteroatoms. The van der Waals surface area contributed by atoms with E-state index >= 15 is 0 Å². The molecule has 0 saturated carbocycles. The number of nitrogens with one attached hydrogen (secondary N) is 1. The van der Waals surface area contributed by atoms with Crippen molar-refractivity contribution in [3.05, 3.63) is 29.8 Å². The van der Waals surface area contributed by atoms with Gasteiger partial charge in [-0.2, -0.15) is 0 Å². The van der Waals surface area contributed by atoms with E-state index in [1.807, 2.05) is 11.8 Å². The summed E-state index contributed by atoms with van der Waals surface area (Å²) in [6, 6.07) is 4.55. The summed E-state index contributed by atoms with van der Waals surface area (Å²) in [5, 5.41) is 3.56. The quantitative estimate of drug-likeness (QED) is 0.904. The highest BCUT2D eigenvalue weighted by Gasteiger charge is 2.36. The minimum atomic E-state index is -0.776. The van der Waals surface area contributed by atoms with Crippen LogP contribution in [0.3, 0.4) is 0 Å². The van der Waals surface area contributed by atoms with Crippen LogP contribution >= 0.6 is 0 Å². The third-order valence-electron chi connectivity index (χ3n) is 4.37. The zero-order valence-corrected chi connectivity index (χ0v) is 11.8. The summed E-state index contributed by atoms with van der Waals surface area (Å²) < 4.78 is 27.4. The Morgan fingerprint density at radius 3 is 2.63 bits per heavy atom. The molecule has 19 heavy (non-hydrogen) atoms. The van der Waals surface area contributed by atoms with Gasteiger partial charge in [-0.3, -0.25) is 0 Å². The van der Waals surface area contributed by atoms with E-state index in [1.54, 1.807) is 12.1 Å². The van der Waals surface area contributed by atoms with Crippen LogP contribution in [-0.4, -0.2) is 24.7 Å². The van der Waals surface area contributed by atoms with Crippen molar-refractivity contribution < 1.29 is 8.78 Å². The number of nitrogens with zero attached hydrogens (tertiary/aromatic N) is 1. The third-order valence-corrected chi connectivity index (χ3v) is 4.37. The van der Waals surface area contributed by atoms with E-state index in [0.29, 0.717) is 12.2 Å². The maximum Gasteiger partial charge on any atom is 0.182 e. The first-order chi connectivity index (χ1) is 9.03. The fourth-order valence-electron chi connectivity index (χ4n) is 2.77. The fourth-order valence-corrected chi connectivity index (χ4v) is 2.77. The predicted octanol–water partition coefficient (Wildman–Crippen LogP) is 3.32. The molecule has 1 heterocycles. The van der Waals surface area contributed by atoms with Crippen molar-refractivity contribution in [3.63, 3.8) is 0 Å². The Bertz CT molecular complexity index is 444. The molecule has 2 rings (SSSR count). The number of halogens is 2. The minimum Gasteiger partial charge on any atom is -0.363 e. The highest BCUT2D eigenvalue weighted by molar-refractivity contribution is 5.50. The molecule has 0 spiro atoms. The van der Waals surface area contributed by atoms with E-state index in [-0.39, 0.29) is 11.6 Å². The van der Waals surface area contributed by atoms with Crippen LogP contribution in [0.15, 0.2) is 18.2 Å². The van der Waals surface area contributed by atoms with Gasteiger partial charge < -0.3 is 10.2 Å². The molecule has 1 fully saturated rings. The summed E-state index contributed by atoms with van der Waals surface area (Å²) in [7, 11) is 0. The summed E-state index contributed by atoms with van der Waals surface area (Å²) in [5.74, 6) is -1.51. The van der Waals surface area contributed by atoms with Crippen LogP contribution in [-0.2, 0) is 0 Å². The van der Waals surface area contributed by atoms with Gasteiger partial charge in [0.15, 0.2) is 11.6 Å². The number of benzene rings is 1. The first-order valence-corrected chi connectivity index (χ1v) is 6.98. The lowest BCUT2D eigenvalue weighted by Crippen LogP contribution is -2.63. The summed E-state index contributed by atoms with van der Waals surface area (Å²) in [4.78, 5) is 1.99. The molecule has 1 unspecified atom stereocenters. The highest BCUT2D eigenvalue weighted by atomic mass is 19.2. The van der Waals surface area contributed by atoms with Crippen molar-refractivity contribution in [1.29, 1.82) is 0 Å². The maximum absolute atomic E-state index is 14.0. The summed E-state index contributed by atoms with van der Waals surface area (Å²) in [6.07, 6.45) is 1.95. The molecule has 1 aromatic carbocycles. The third kappa shape index (κ3) is 2.59. The van der Waals surface area contributed by atoms with Gasteiger partial charge in [0.25, 0.3) is 0 Å². The first kappa shape index (κ1) is 14.3. The standard InChI is InChI=1S/C15H22F2N2/c1-4-15(5-2)10-19(11(3)9-18-15)13-8-6-7-12(16)14(13)17/h6-8,11,18H,4-5,9-10H2,1-3H3. The van der Waals surface area contributed by atoms with Gasteiger partial charge in [0, 0.05) is 24.7 Å². The van der Waals surface area contributed by atoms with E-state index in [2.05, 4.69) is 19.2 Å². The molecule has 1 aliphatic rings. The summed E-state index contributed by atoms with van der Waals surface area (Å²) in [5.41, 5.74) is 0.367. The summed E-state index contributed by atoms with van der Waals surface area (Å²) in [6.45, 7) is 7.80. The van der Waals surface area contributed by atoms with Crippen molar-refractivity contribution in [2.45, 2.75) is 45.2 Å². The van der Waals surface area contributed by atoms with E-state index in [4.69, 9.17) is 0 Å². The first-order valence-electron chi connectivity index (χ1n) is 6.98. The normalized spacial score (nSPS) is 22.6. The highest BCUT2D eigenvalue weighted by Crippen LogP contribution is 2.30. The second-order valence-electron chi connectivity index (χ2n) is 5.42. The van der Waals surface area contributed by atoms with Gasteiger partial charge in [0.1, 0.15) is 0 Å². The average molecular weight is 268 g/mol. The van der Waals surface area contributed by atoms with Crippen molar-refractivity contribution in [2.24, 2.45) is 0 Å². The molecular weight excluding hydrogens is 246 g/mol. The lowest BCUT2D eigenvalue weighted by molar-refractivity contribution is 0.252. The smallest absolute Gasteiger partial charge is 0.182 e. The molecule has 1 atom stereocenters. The lowest BCUT2D eigenvalue weighted by Gasteiger charge is -2.47. The molecule has 0 amide bonds. The Hall–Kier alpha value is -1.16. The zero-order valence-electron chi connectivity index (χ0n) is 11.8. The van der Waals surface area contributed by atoms with Crippen LogP contribution < -0.4 is 10.2 Å². The van der Waals surface area contributed by atoms with Gasteiger partial charge in [0.2, 0.25) is 0 Å². The SMILES string of the molecule is CCC1(CC)CN(c2cccc(F)c2F)C(C)CN1. The number of hydrogen-bond donors (Lipinski definition) is 1. The minimum absolute atomic E-state index is 0.00866. The molecule has 2 nitrogen and oxygen atoms in total. The van der Waals surface area contributed by atoms with E-state index in [0.717, 1.165) is 19.4 Å². The Kier molecular flexibility index (Phi) is 4.09. The number of piperazine rings is 1. The van der Waals surface area contributed by atoms with Crippen LogP contribution in [0.5, 0.6) is 0 Å². The number of anilines is 1. The maximum atomic E-state index is 14.0. The monoisotopic (exact) mass is 268 g/mol.